The first-order valence-electron chi connectivity index (χ1n) is 4.69. The van der Waals surface area contributed by atoms with Crippen molar-refractivity contribution in [3.63, 3.8) is 0 Å². The molecule has 0 aromatic heterocycles. The second-order valence-electron chi connectivity index (χ2n) is 3.53. The van der Waals surface area contributed by atoms with Crippen LogP contribution in [0.5, 0.6) is 0 Å². The van der Waals surface area contributed by atoms with Gasteiger partial charge in [0.05, 0.1) is 0 Å². The van der Waals surface area contributed by atoms with E-state index in [4.69, 9.17) is 10.0 Å². The minimum absolute atomic E-state index is 0.591. The predicted molar refractivity (Wildman–Crippen MR) is 59.4 cm³/mol. The summed E-state index contributed by atoms with van der Waals surface area (Å²) >= 11 is 0. The van der Waals surface area contributed by atoms with Crippen molar-refractivity contribution in [3.8, 4) is 0 Å². The van der Waals surface area contributed by atoms with Crippen molar-refractivity contribution in [1.82, 2.24) is 0 Å². The van der Waals surface area contributed by atoms with E-state index in [1.165, 1.54) is 0 Å². The molecule has 0 atom stereocenters. The first-order chi connectivity index (χ1) is 6.61. The van der Waals surface area contributed by atoms with E-state index in [0.29, 0.717) is 5.46 Å². The number of benzene rings is 1. The Bertz CT molecular complexity index is 321. The molecule has 2 nitrogen and oxygen atoms in total. The van der Waals surface area contributed by atoms with Crippen LogP contribution in [0.25, 0.3) is 0 Å². The molecule has 0 aliphatic rings. The van der Waals surface area contributed by atoms with Gasteiger partial charge in [0.25, 0.3) is 0 Å². The van der Waals surface area contributed by atoms with Gasteiger partial charge in [-0.25, -0.2) is 0 Å². The van der Waals surface area contributed by atoms with E-state index in [-0.39, 0.29) is 0 Å². The lowest BCUT2D eigenvalue weighted by atomic mass is 9.76. The zero-order chi connectivity index (χ0) is 10.6. The zero-order valence-electron chi connectivity index (χ0n) is 8.40. The Morgan fingerprint density at radius 3 is 2.57 bits per heavy atom. The summed E-state index contributed by atoms with van der Waals surface area (Å²) in [6.45, 7) is 5.79. The fourth-order valence-electron chi connectivity index (χ4n) is 1.36. The first kappa shape index (κ1) is 11.0. The van der Waals surface area contributed by atoms with Crippen molar-refractivity contribution < 1.29 is 10.0 Å². The van der Waals surface area contributed by atoms with Gasteiger partial charge in [-0.2, -0.15) is 0 Å². The molecular weight excluding hydrogens is 175 g/mol. The Hall–Kier alpha value is -1.06. The van der Waals surface area contributed by atoms with Crippen molar-refractivity contribution in [1.29, 1.82) is 0 Å². The quantitative estimate of drug-likeness (QED) is 0.546. The largest absolute Gasteiger partial charge is 0.488 e. The van der Waals surface area contributed by atoms with E-state index >= 15 is 0 Å². The molecule has 0 spiro atoms. The van der Waals surface area contributed by atoms with Gasteiger partial charge in [0, 0.05) is 0 Å². The molecule has 0 unspecified atom stereocenters. The van der Waals surface area contributed by atoms with Crippen molar-refractivity contribution in [2.75, 3.05) is 0 Å². The van der Waals surface area contributed by atoms with Gasteiger partial charge in [0.2, 0.25) is 0 Å². The summed E-state index contributed by atoms with van der Waals surface area (Å²) in [5.74, 6) is 0. The molecule has 0 heterocycles. The molecule has 0 amide bonds. The van der Waals surface area contributed by atoms with Crippen LogP contribution in [-0.2, 0) is 6.42 Å². The van der Waals surface area contributed by atoms with Crippen molar-refractivity contribution in [2.24, 2.45) is 0 Å². The zero-order valence-corrected chi connectivity index (χ0v) is 8.40. The smallest absolute Gasteiger partial charge is 0.423 e. The highest BCUT2D eigenvalue weighted by atomic mass is 16.4. The van der Waals surface area contributed by atoms with Crippen LogP contribution in [0.2, 0.25) is 0 Å². The lowest BCUT2D eigenvalue weighted by Crippen LogP contribution is -2.32. The summed E-state index contributed by atoms with van der Waals surface area (Å²) in [5.41, 5.74) is 2.67. The molecule has 3 heteroatoms. The van der Waals surface area contributed by atoms with Crippen molar-refractivity contribution in [2.45, 2.75) is 19.8 Å². The van der Waals surface area contributed by atoms with Gasteiger partial charge in [-0.05, 0) is 30.8 Å². The van der Waals surface area contributed by atoms with Gasteiger partial charge in [0.15, 0.2) is 0 Å². The Balaban J connectivity index is 2.79. The summed E-state index contributed by atoms with van der Waals surface area (Å²) in [4.78, 5) is 0. The maximum Gasteiger partial charge on any atom is 0.488 e. The fraction of sp³-hybridized carbons (Fsp3) is 0.273. The van der Waals surface area contributed by atoms with Gasteiger partial charge in [0.1, 0.15) is 0 Å². The number of hydrogen-bond acceptors (Lipinski definition) is 2. The molecule has 1 rings (SSSR count). The Kier molecular flexibility index (Phi) is 3.92. The van der Waals surface area contributed by atoms with E-state index in [1.54, 1.807) is 12.1 Å². The number of rotatable bonds is 4. The summed E-state index contributed by atoms with van der Waals surface area (Å²) in [6, 6.07) is 7.36. The summed E-state index contributed by atoms with van der Waals surface area (Å²) in [5, 5.41) is 18.2. The van der Waals surface area contributed by atoms with E-state index < -0.39 is 7.12 Å². The van der Waals surface area contributed by atoms with Gasteiger partial charge < -0.3 is 10.0 Å². The summed E-state index contributed by atoms with van der Waals surface area (Å²) in [6.07, 6.45) is 1.69. The fourth-order valence-corrected chi connectivity index (χ4v) is 1.36. The molecule has 0 aliphatic heterocycles. The summed E-state index contributed by atoms with van der Waals surface area (Å²) in [7, 11) is -1.38. The van der Waals surface area contributed by atoms with Crippen molar-refractivity contribution in [3.05, 3.63) is 42.0 Å². The molecule has 2 N–H and O–H groups in total. The maximum absolute atomic E-state index is 9.10. The Labute approximate surface area is 85.0 Å². The molecular formula is C11H15BO2. The molecule has 0 aliphatic carbocycles. The maximum atomic E-state index is 9.10. The van der Waals surface area contributed by atoms with Gasteiger partial charge in [-0.1, -0.05) is 29.8 Å². The monoisotopic (exact) mass is 190 g/mol. The van der Waals surface area contributed by atoms with Gasteiger partial charge in [-0.3, -0.25) is 0 Å². The molecule has 0 saturated heterocycles. The van der Waals surface area contributed by atoms with Crippen molar-refractivity contribution >= 4 is 12.6 Å². The molecule has 74 valence electrons. The lowest BCUT2D eigenvalue weighted by Gasteiger charge is -2.07. The van der Waals surface area contributed by atoms with E-state index in [1.807, 2.05) is 19.1 Å². The summed E-state index contributed by atoms with van der Waals surface area (Å²) < 4.78 is 0. The second kappa shape index (κ2) is 4.98. The minimum Gasteiger partial charge on any atom is -0.423 e. The number of allylic oxidation sites excluding steroid dienone is 1. The minimum atomic E-state index is -1.38. The first-order valence-corrected chi connectivity index (χ1v) is 4.69. The van der Waals surface area contributed by atoms with E-state index in [2.05, 4.69) is 6.58 Å². The third-order valence-electron chi connectivity index (χ3n) is 2.15. The van der Waals surface area contributed by atoms with Gasteiger partial charge in [-0.15, -0.1) is 6.58 Å². The van der Waals surface area contributed by atoms with Crippen LogP contribution >= 0.6 is 0 Å². The topological polar surface area (TPSA) is 40.5 Å². The van der Waals surface area contributed by atoms with Crippen LogP contribution in [0.15, 0.2) is 36.4 Å². The Morgan fingerprint density at radius 1 is 1.36 bits per heavy atom. The molecule has 0 saturated carbocycles. The highest BCUT2D eigenvalue weighted by Gasteiger charge is 2.14. The Morgan fingerprint density at radius 2 is 2.00 bits per heavy atom. The normalized spacial score (nSPS) is 9.93. The van der Waals surface area contributed by atoms with Crippen LogP contribution in [-0.4, -0.2) is 17.2 Å². The lowest BCUT2D eigenvalue weighted by molar-refractivity contribution is 0.425. The molecule has 1 aromatic carbocycles. The molecule has 0 bridgehead atoms. The average Bonchev–Trinajstić information content (AvgIpc) is 2.15. The molecule has 0 radical (unpaired) electrons. The third kappa shape index (κ3) is 3.02. The highest BCUT2D eigenvalue weighted by Crippen LogP contribution is 2.05. The van der Waals surface area contributed by atoms with Crippen LogP contribution < -0.4 is 5.46 Å². The SMILES string of the molecule is C=C(C)CCc1ccccc1B(O)O. The standard InChI is InChI=1S/C11H15BO2/c1-9(2)7-8-10-5-3-4-6-11(10)12(13)14/h3-6,13-14H,1,7-8H2,2H3. The van der Waals surface area contributed by atoms with Crippen LogP contribution in [0.4, 0.5) is 0 Å². The average molecular weight is 190 g/mol. The molecule has 0 fully saturated rings. The molecule has 14 heavy (non-hydrogen) atoms. The molecule has 1 aromatic rings. The van der Waals surface area contributed by atoms with Crippen LogP contribution in [0.3, 0.4) is 0 Å². The van der Waals surface area contributed by atoms with Crippen LogP contribution in [0, 0.1) is 0 Å². The number of aryl methyl sites for hydroxylation is 1. The second-order valence-corrected chi connectivity index (χ2v) is 3.53. The number of hydrogen-bond donors (Lipinski definition) is 2. The van der Waals surface area contributed by atoms with E-state index in [9.17, 15) is 0 Å². The van der Waals surface area contributed by atoms with Gasteiger partial charge >= 0.3 is 7.12 Å². The van der Waals surface area contributed by atoms with E-state index in [0.717, 1.165) is 24.0 Å². The van der Waals surface area contributed by atoms with Crippen LogP contribution in [0.1, 0.15) is 18.9 Å². The highest BCUT2D eigenvalue weighted by molar-refractivity contribution is 6.59. The predicted octanol–water partition coefficient (Wildman–Crippen LogP) is 0.875. The third-order valence-corrected chi connectivity index (χ3v) is 2.15.